The zero-order valence-corrected chi connectivity index (χ0v) is 22.0. The first-order valence-corrected chi connectivity index (χ1v) is 13.8. The standard InChI is InChI=1S/C26H31N5O5S/c1-4-30-16-21(25(32)27-15-20-8-9-23-24(14-20)36-17-35-23)26(28-30)37(33,34)31-12-10-29(11-13-31)22-7-5-6-18(2)19(22)3/h5-9,14,16H,4,10-13,15,17H2,1-3H3,(H,27,32). The van der Waals surface area contributed by atoms with Gasteiger partial charge in [-0.1, -0.05) is 18.2 Å². The van der Waals surface area contributed by atoms with Crippen LogP contribution in [0.1, 0.15) is 34.0 Å². The number of benzene rings is 2. The molecule has 3 heterocycles. The van der Waals surface area contributed by atoms with E-state index in [1.54, 1.807) is 12.1 Å². The summed E-state index contributed by atoms with van der Waals surface area (Å²) in [5.41, 5.74) is 4.37. The Morgan fingerprint density at radius 1 is 1.05 bits per heavy atom. The maximum absolute atomic E-state index is 13.6. The highest BCUT2D eigenvalue weighted by molar-refractivity contribution is 7.89. The van der Waals surface area contributed by atoms with Crippen LogP contribution >= 0.6 is 0 Å². The van der Waals surface area contributed by atoms with Gasteiger partial charge in [0.05, 0.1) is 5.56 Å². The number of hydrogen-bond donors (Lipinski definition) is 1. The van der Waals surface area contributed by atoms with E-state index in [1.165, 1.54) is 26.3 Å². The molecule has 11 heteroatoms. The summed E-state index contributed by atoms with van der Waals surface area (Å²) < 4.78 is 40.9. The summed E-state index contributed by atoms with van der Waals surface area (Å²) in [6.45, 7) is 8.57. The van der Waals surface area contributed by atoms with E-state index in [4.69, 9.17) is 9.47 Å². The molecular weight excluding hydrogens is 494 g/mol. The number of piperazine rings is 1. The van der Waals surface area contributed by atoms with Crippen molar-refractivity contribution < 1.29 is 22.7 Å². The Hall–Kier alpha value is -3.57. The molecule has 5 rings (SSSR count). The molecule has 2 aliphatic heterocycles. The topological polar surface area (TPSA) is 106 Å². The molecule has 2 aromatic carbocycles. The van der Waals surface area contributed by atoms with E-state index in [1.807, 2.05) is 19.1 Å². The van der Waals surface area contributed by atoms with E-state index in [0.717, 1.165) is 11.3 Å². The number of fused-ring (bicyclic) bond motifs is 1. The van der Waals surface area contributed by atoms with Gasteiger partial charge in [-0.05, 0) is 55.7 Å². The number of carbonyl (C=O) groups is 1. The molecule has 0 saturated carbocycles. The summed E-state index contributed by atoms with van der Waals surface area (Å²) in [5.74, 6) is 0.782. The van der Waals surface area contributed by atoms with Crippen molar-refractivity contribution in [3.8, 4) is 11.5 Å². The number of carbonyl (C=O) groups excluding carboxylic acids is 1. The Morgan fingerprint density at radius 3 is 2.57 bits per heavy atom. The van der Waals surface area contributed by atoms with Crippen molar-refractivity contribution in [1.82, 2.24) is 19.4 Å². The largest absolute Gasteiger partial charge is 0.454 e. The maximum atomic E-state index is 13.6. The van der Waals surface area contributed by atoms with Crippen LogP contribution in [-0.4, -0.2) is 61.4 Å². The Balaban J connectivity index is 1.31. The van der Waals surface area contributed by atoms with E-state index < -0.39 is 15.9 Å². The molecule has 0 unspecified atom stereocenters. The normalized spacial score (nSPS) is 15.7. The fourth-order valence-electron chi connectivity index (χ4n) is 4.61. The van der Waals surface area contributed by atoms with Crippen LogP contribution in [0.15, 0.2) is 47.6 Å². The third-order valence-electron chi connectivity index (χ3n) is 6.93. The van der Waals surface area contributed by atoms with Crippen molar-refractivity contribution in [3.05, 3.63) is 64.8 Å². The number of anilines is 1. The van der Waals surface area contributed by atoms with E-state index in [9.17, 15) is 13.2 Å². The van der Waals surface area contributed by atoms with Crippen LogP contribution in [0.25, 0.3) is 0 Å². The van der Waals surface area contributed by atoms with Gasteiger partial charge in [-0.2, -0.15) is 9.40 Å². The fourth-order valence-corrected chi connectivity index (χ4v) is 6.13. The molecular formula is C26H31N5O5S. The molecule has 10 nitrogen and oxygen atoms in total. The predicted molar refractivity (Wildman–Crippen MR) is 139 cm³/mol. The lowest BCUT2D eigenvalue weighted by Crippen LogP contribution is -2.49. The van der Waals surface area contributed by atoms with Gasteiger partial charge in [-0.15, -0.1) is 0 Å². The van der Waals surface area contributed by atoms with Gasteiger partial charge in [0.25, 0.3) is 15.9 Å². The smallest absolute Gasteiger partial charge is 0.263 e. The van der Waals surface area contributed by atoms with Crippen molar-refractivity contribution in [2.75, 3.05) is 37.9 Å². The van der Waals surface area contributed by atoms with Crippen molar-refractivity contribution in [2.24, 2.45) is 0 Å². The molecule has 3 aromatic rings. The molecule has 1 fully saturated rings. The molecule has 196 valence electrons. The third-order valence-corrected chi connectivity index (χ3v) is 8.76. The number of aryl methyl sites for hydroxylation is 2. The number of amides is 1. The molecule has 1 aromatic heterocycles. The molecule has 1 amide bonds. The van der Waals surface area contributed by atoms with E-state index in [0.29, 0.717) is 44.2 Å². The summed E-state index contributed by atoms with van der Waals surface area (Å²) in [5, 5.41) is 6.89. The van der Waals surface area contributed by atoms with E-state index in [2.05, 4.69) is 41.3 Å². The van der Waals surface area contributed by atoms with Crippen molar-refractivity contribution in [1.29, 1.82) is 0 Å². The number of ether oxygens (including phenoxy) is 2. The molecule has 0 radical (unpaired) electrons. The minimum absolute atomic E-state index is 0.0413. The number of aromatic nitrogens is 2. The SMILES string of the molecule is CCn1cc(C(=O)NCc2ccc3c(c2)OCO3)c(S(=O)(=O)N2CCN(c3cccc(C)c3C)CC2)n1. The van der Waals surface area contributed by atoms with Crippen LogP contribution in [0, 0.1) is 13.8 Å². The number of nitrogens with zero attached hydrogens (tertiary/aromatic N) is 4. The predicted octanol–water partition coefficient (Wildman–Crippen LogP) is 2.69. The van der Waals surface area contributed by atoms with E-state index in [-0.39, 0.29) is 23.9 Å². The highest BCUT2D eigenvalue weighted by Gasteiger charge is 2.35. The van der Waals surface area contributed by atoms with Gasteiger partial charge in [-0.25, -0.2) is 8.42 Å². The molecule has 2 aliphatic rings. The minimum Gasteiger partial charge on any atom is -0.454 e. The number of sulfonamides is 1. The zero-order valence-electron chi connectivity index (χ0n) is 21.2. The fraction of sp³-hybridized carbons (Fsp3) is 0.385. The zero-order chi connectivity index (χ0) is 26.2. The lowest BCUT2D eigenvalue weighted by atomic mass is 10.1. The first-order valence-electron chi connectivity index (χ1n) is 12.3. The summed E-state index contributed by atoms with van der Waals surface area (Å²) >= 11 is 0. The van der Waals surface area contributed by atoms with Crippen LogP contribution in [-0.2, 0) is 23.1 Å². The first-order chi connectivity index (χ1) is 17.8. The number of hydrogen-bond acceptors (Lipinski definition) is 7. The summed E-state index contributed by atoms with van der Waals surface area (Å²) in [6.07, 6.45) is 1.49. The van der Waals surface area contributed by atoms with Crippen LogP contribution in [0.5, 0.6) is 11.5 Å². The van der Waals surface area contributed by atoms with Crippen LogP contribution in [0.2, 0.25) is 0 Å². The molecule has 0 bridgehead atoms. The molecule has 37 heavy (non-hydrogen) atoms. The summed E-state index contributed by atoms with van der Waals surface area (Å²) in [6, 6.07) is 11.6. The van der Waals surface area contributed by atoms with Gasteiger partial charge in [0, 0.05) is 51.2 Å². The van der Waals surface area contributed by atoms with Crippen molar-refractivity contribution >= 4 is 21.6 Å². The summed E-state index contributed by atoms with van der Waals surface area (Å²) in [4.78, 5) is 15.3. The van der Waals surface area contributed by atoms with E-state index >= 15 is 0 Å². The molecule has 0 spiro atoms. The van der Waals surface area contributed by atoms with Gasteiger partial charge in [0.2, 0.25) is 11.8 Å². The van der Waals surface area contributed by atoms with Crippen LogP contribution in [0.4, 0.5) is 5.69 Å². The average Bonchev–Trinajstić information content (AvgIpc) is 3.56. The molecule has 1 N–H and O–H groups in total. The third kappa shape index (κ3) is 4.88. The van der Waals surface area contributed by atoms with Crippen molar-refractivity contribution in [3.63, 3.8) is 0 Å². The summed E-state index contributed by atoms with van der Waals surface area (Å²) in [7, 11) is -3.96. The quantitative estimate of drug-likeness (QED) is 0.506. The molecule has 1 saturated heterocycles. The highest BCUT2D eigenvalue weighted by atomic mass is 32.2. The maximum Gasteiger partial charge on any atom is 0.263 e. The lowest BCUT2D eigenvalue weighted by Gasteiger charge is -2.36. The second-order valence-electron chi connectivity index (χ2n) is 9.18. The highest BCUT2D eigenvalue weighted by Crippen LogP contribution is 2.32. The number of rotatable bonds is 7. The van der Waals surface area contributed by atoms with Gasteiger partial charge < -0.3 is 19.7 Å². The Labute approximate surface area is 216 Å². The van der Waals surface area contributed by atoms with Crippen molar-refractivity contribution in [2.45, 2.75) is 38.9 Å². The Bertz CT molecular complexity index is 1430. The van der Waals surface area contributed by atoms with Gasteiger partial charge in [0.1, 0.15) is 0 Å². The minimum atomic E-state index is -3.96. The average molecular weight is 526 g/mol. The Kier molecular flexibility index (Phi) is 6.82. The lowest BCUT2D eigenvalue weighted by molar-refractivity contribution is 0.0947. The molecule has 0 atom stereocenters. The van der Waals surface area contributed by atoms with Crippen LogP contribution < -0.4 is 19.7 Å². The van der Waals surface area contributed by atoms with Gasteiger partial charge >= 0.3 is 0 Å². The first kappa shape index (κ1) is 25.1. The monoisotopic (exact) mass is 525 g/mol. The Morgan fingerprint density at radius 2 is 1.81 bits per heavy atom. The number of nitrogens with one attached hydrogen (secondary N) is 1. The van der Waals surface area contributed by atoms with Crippen LogP contribution in [0.3, 0.4) is 0 Å². The second kappa shape index (κ2) is 10.1. The van der Waals surface area contributed by atoms with Gasteiger partial charge in [0.15, 0.2) is 11.5 Å². The second-order valence-corrected chi connectivity index (χ2v) is 11.0. The van der Waals surface area contributed by atoms with Gasteiger partial charge in [-0.3, -0.25) is 9.48 Å². The molecule has 0 aliphatic carbocycles.